The molecular weight excluding hydrogens is 480 g/mol. The lowest BCUT2D eigenvalue weighted by Gasteiger charge is -2.67. The third-order valence-corrected chi connectivity index (χ3v) is 9.51. The second kappa shape index (κ2) is 9.24. The molecular formula is C28H38O9. The third kappa shape index (κ3) is 4.09. The Kier molecular flexibility index (Phi) is 6.82. The van der Waals surface area contributed by atoms with Gasteiger partial charge in [0.05, 0.1) is 6.61 Å². The quantitative estimate of drug-likeness (QED) is 0.306. The van der Waals surface area contributed by atoms with Crippen molar-refractivity contribution in [2.24, 2.45) is 34.0 Å². The number of ketones is 1. The summed E-state index contributed by atoms with van der Waals surface area (Å²) >= 11 is 0. The van der Waals surface area contributed by atoms with Crippen LogP contribution < -0.4 is 0 Å². The lowest BCUT2D eigenvalue weighted by Crippen LogP contribution is -2.73. The van der Waals surface area contributed by atoms with E-state index in [0.717, 1.165) is 12.8 Å². The lowest BCUT2D eigenvalue weighted by atomic mass is 9.38. The highest BCUT2D eigenvalue weighted by molar-refractivity contribution is 6.05. The van der Waals surface area contributed by atoms with Gasteiger partial charge in [0.2, 0.25) is 0 Å². The number of Topliss-reactive ketones (excluding diaryl/α,β-unsaturated/α-hetero) is 1. The van der Waals surface area contributed by atoms with E-state index in [4.69, 9.17) is 18.9 Å². The number of hydrogen-bond acceptors (Lipinski definition) is 9. The fourth-order valence-electron chi connectivity index (χ4n) is 8.61. The molecule has 4 aliphatic carbocycles. The van der Waals surface area contributed by atoms with Crippen LogP contribution in [-0.4, -0.2) is 54.6 Å². The molecule has 0 radical (unpaired) electrons. The van der Waals surface area contributed by atoms with Crippen LogP contribution in [0.2, 0.25) is 0 Å². The maximum Gasteiger partial charge on any atom is 0.302 e. The van der Waals surface area contributed by atoms with Crippen molar-refractivity contribution in [3.05, 3.63) is 12.2 Å². The maximum absolute atomic E-state index is 14.3. The van der Waals surface area contributed by atoms with Crippen molar-refractivity contribution < 1.29 is 42.9 Å². The van der Waals surface area contributed by atoms with Crippen LogP contribution in [0.3, 0.4) is 0 Å². The minimum atomic E-state index is -1.51. The third-order valence-electron chi connectivity index (χ3n) is 9.51. The van der Waals surface area contributed by atoms with Gasteiger partial charge in [-0.2, -0.15) is 0 Å². The number of hydrogen-bond donors (Lipinski definition) is 0. The monoisotopic (exact) mass is 518 g/mol. The van der Waals surface area contributed by atoms with Gasteiger partial charge in [-0.1, -0.05) is 26.8 Å². The highest BCUT2D eigenvalue weighted by Gasteiger charge is 2.80. The standard InChI is InChI=1S/C28H38O9/c1-14-19-11-20(35-16(3)30)23-27(13-34-15(2)29)10-8-9-26(6,7)21(27)12-22(36-17(4)31)28(23,24(14)33)25(19)37-18(5)32/h19-23,25H,1,8-13H2,2-7H3/t19-,20-,21+,22+,23-,25+,27-,28+/m0/s1. The van der Waals surface area contributed by atoms with Crippen molar-refractivity contribution in [1.82, 2.24) is 0 Å². The Bertz CT molecular complexity index is 1040. The van der Waals surface area contributed by atoms with Gasteiger partial charge >= 0.3 is 23.9 Å². The average Bonchev–Trinajstić information content (AvgIpc) is 2.88. The summed E-state index contributed by atoms with van der Waals surface area (Å²) in [6, 6.07) is 0. The second-order valence-corrected chi connectivity index (χ2v) is 12.0. The first kappa shape index (κ1) is 27.3. The van der Waals surface area contributed by atoms with E-state index in [9.17, 15) is 24.0 Å². The summed E-state index contributed by atoms with van der Waals surface area (Å²) in [6.07, 6.45) is 0.244. The summed E-state index contributed by atoms with van der Waals surface area (Å²) in [7, 11) is 0. The molecule has 8 atom stereocenters. The molecule has 0 heterocycles. The fourth-order valence-corrected chi connectivity index (χ4v) is 8.61. The molecule has 0 aliphatic heterocycles. The topological polar surface area (TPSA) is 122 Å². The lowest BCUT2D eigenvalue weighted by molar-refractivity contribution is -0.273. The Morgan fingerprint density at radius 3 is 2.08 bits per heavy atom. The Morgan fingerprint density at radius 1 is 0.892 bits per heavy atom. The van der Waals surface area contributed by atoms with Crippen LogP contribution in [0, 0.1) is 34.0 Å². The van der Waals surface area contributed by atoms with E-state index in [-0.39, 0.29) is 35.7 Å². The molecule has 9 nitrogen and oxygen atoms in total. The highest BCUT2D eigenvalue weighted by atomic mass is 16.6. The zero-order valence-electron chi connectivity index (χ0n) is 22.6. The number of fused-ring (bicyclic) bond motifs is 3. The van der Waals surface area contributed by atoms with Crippen LogP contribution in [0.5, 0.6) is 0 Å². The van der Waals surface area contributed by atoms with Gasteiger partial charge in [0.1, 0.15) is 23.7 Å². The molecule has 1 spiro atoms. The van der Waals surface area contributed by atoms with Crippen molar-refractivity contribution in [2.45, 2.75) is 92.0 Å². The molecule has 0 N–H and O–H groups in total. The van der Waals surface area contributed by atoms with Gasteiger partial charge in [-0.15, -0.1) is 0 Å². The molecule has 4 saturated carbocycles. The molecule has 4 fully saturated rings. The molecule has 0 amide bonds. The van der Waals surface area contributed by atoms with Crippen LogP contribution in [0.15, 0.2) is 12.2 Å². The second-order valence-electron chi connectivity index (χ2n) is 12.0. The molecule has 204 valence electrons. The van der Waals surface area contributed by atoms with Crippen molar-refractivity contribution >= 4 is 29.7 Å². The van der Waals surface area contributed by atoms with Crippen LogP contribution in [0.4, 0.5) is 0 Å². The van der Waals surface area contributed by atoms with Crippen LogP contribution in [-0.2, 0) is 42.9 Å². The van der Waals surface area contributed by atoms with Crippen LogP contribution >= 0.6 is 0 Å². The summed E-state index contributed by atoms with van der Waals surface area (Å²) < 4.78 is 23.5. The Balaban J connectivity index is 2.04. The van der Waals surface area contributed by atoms with Gasteiger partial charge < -0.3 is 18.9 Å². The van der Waals surface area contributed by atoms with E-state index in [1.165, 1.54) is 27.7 Å². The zero-order valence-corrected chi connectivity index (χ0v) is 22.6. The predicted octanol–water partition coefficient (Wildman–Crippen LogP) is 3.32. The summed E-state index contributed by atoms with van der Waals surface area (Å²) in [5.74, 6) is -3.87. The minimum absolute atomic E-state index is 0.0185. The molecule has 0 aromatic heterocycles. The maximum atomic E-state index is 14.3. The summed E-state index contributed by atoms with van der Waals surface area (Å²) in [6.45, 7) is 13.6. The van der Waals surface area contributed by atoms with E-state index < -0.39 is 64.9 Å². The first-order chi connectivity index (χ1) is 17.2. The smallest absolute Gasteiger partial charge is 0.302 e. The summed E-state index contributed by atoms with van der Waals surface area (Å²) in [5, 5.41) is 0. The minimum Gasteiger partial charge on any atom is -0.465 e. The van der Waals surface area contributed by atoms with Gasteiger partial charge in [0.15, 0.2) is 5.78 Å². The van der Waals surface area contributed by atoms with E-state index >= 15 is 0 Å². The van der Waals surface area contributed by atoms with E-state index in [1.54, 1.807) is 0 Å². The predicted molar refractivity (Wildman–Crippen MR) is 130 cm³/mol. The van der Waals surface area contributed by atoms with Gasteiger partial charge in [0.25, 0.3) is 0 Å². The molecule has 9 heteroatoms. The molecule has 0 aromatic carbocycles. The SMILES string of the molecule is C=C1C(=O)[C@]23[C@H](OC(C)=O)[C@H]1C[C@H](OC(C)=O)[C@H]2[C@]1(COC(C)=O)CCCC(C)(C)[C@H]1C[C@H]3OC(C)=O. The van der Waals surface area contributed by atoms with Gasteiger partial charge in [-0.05, 0) is 42.6 Å². The Morgan fingerprint density at radius 2 is 1.51 bits per heavy atom. The largest absolute Gasteiger partial charge is 0.465 e. The molecule has 4 rings (SSSR count). The average molecular weight is 519 g/mol. The molecule has 37 heavy (non-hydrogen) atoms. The van der Waals surface area contributed by atoms with E-state index in [0.29, 0.717) is 12.8 Å². The van der Waals surface area contributed by atoms with Crippen molar-refractivity contribution in [3.8, 4) is 0 Å². The number of ether oxygens (including phenoxy) is 4. The first-order valence-corrected chi connectivity index (χ1v) is 13.1. The van der Waals surface area contributed by atoms with Crippen molar-refractivity contribution in [1.29, 1.82) is 0 Å². The summed E-state index contributed by atoms with van der Waals surface area (Å²) in [5.41, 5.74) is -2.28. The molecule has 2 bridgehead atoms. The Labute approximate surface area is 217 Å². The number of carbonyl (C=O) groups excluding carboxylic acids is 5. The molecule has 0 saturated heterocycles. The van der Waals surface area contributed by atoms with Gasteiger partial charge in [-0.25, -0.2) is 0 Å². The Hall–Kier alpha value is -2.71. The molecule has 0 aromatic rings. The highest BCUT2D eigenvalue weighted by Crippen LogP contribution is 2.72. The van der Waals surface area contributed by atoms with Crippen molar-refractivity contribution in [3.63, 3.8) is 0 Å². The zero-order chi connectivity index (χ0) is 27.5. The van der Waals surface area contributed by atoms with Crippen LogP contribution in [0.1, 0.15) is 73.6 Å². The molecule has 0 unspecified atom stereocenters. The molecule has 4 aliphatic rings. The van der Waals surface area contributed by atoms with Crippen molar-refractivity contribution in [2.75, 3.05) is 6.61 Å². The number of esters is 4. The van der Waals surface area contributed by atoms with E-state index in [2.05, 4.69) is 20.4 Å². The van der Waals surface area contributed by atoms with Crippen LogP contribution in [0.25, 0.3) is 0 Å². The fraction of sp³-hybridized carbons (Fsp3) is 0.750. The van der Waals surface area contributed by atoms with Gasteiger partial charge in [0, 0.05) is 44.9 Å². The van der Waals surface area contributed by atoms with E-state index in [1.807, 2.05) is 0 Å². The summed E-state index contributed by atoms with van der Waals surface area (Å²) in [4.78, 5) is 63.6. The number of carbonyl (C=O) groups is 5. The normalized spacial score (nSPS) is 39.6. The first-order valence-electron chi connectivity index (χ1n) is 13.1. The number of rotatable bonds is 5. The van der Waals surface area contributed by atoms with Gasteiger partial charge in [-0.3, -0.25) is 24.0 Å².